The Morgan fingerprint density at radius 2 is 1.86 bits per heavy atom. The van der Waals surface area contributed by atoms with Crippen molar-refractivity contribution < 1.29 is 22.7 Å². The van der Waals surface area contributed by atoms with E-state index < -0.39 is 22.2 Å². The molecule has 0 amide bonds. The first-order chi connectivity index (χ1) is 13.8. The number of carbonyl (C=O) groups is 1. The summed E-state index contributed by atoms with van der Waals surface area (Å²) >= 11 is 0. The molecule has 0 saturated carbocycles. The first-order valence-corrected chi connectivity index (χ1v) is 10.7. The number of rotatable bonds is 6. The van der Waals surface area contributed by atoms with Crippen LogP contribution in [0.5, 0.6) is 5.88 Å². The van der Waals surface area contributed by atoms with Crippen LogP contribution in [0.4, 0.5) is 0 Å². The van der Waals surface area contributed by atoms with Gasteiger partial charge in [-0.25, -0.2) is 18.1 Å². The van der Waals surface area contributed by atoms with Gasteiger partial charge in [0.1, 0.15) is 6.10 Å². The van der Waals surface area contributed by atoms with E-state index in [0.717, 1.165) is 11.1 Å². The topological polar surface area (TPSA) is 94.6 Å². The number of methoxy groups -OCH3 is 1. The third-order valence-corrected chi connectivity index (χ3v) is 6.19. The van der Waals surface area contributed by atoms with Gasteiger partial charge in [-0.05, 0) is 55.2 Å². The Balaban J connectivity index is 1.92. The van der Waals surface area contributed by atoms with E-state index >= 15 is 0 Å². The molecule has 1 aliphatic rings. The van der Waals surface area contributed by atoms with Crippen molar-refractivity contribution in [2.75, 3.05) is 7.11 Å². The molecule has 1 heterocycles. The molecular formula is C21H24N2O5S. The maximum atomic E-state index is 12.9. The van der Waals surface area contributed by atoms with Crippen LogP contribution in [0.2, 0.25) is 0 Å². The van der Waals surface area contributed by atoms with Crippen molar-refractivity contribution in [3.63, 3.8) is 0 Å². The van der Waals surface area contributed by atoms with Gasteiger partial charge in [-0.2, -0.15) is 0 Å². The number of aromatic nitrogens is 1. The zero-order chi connectivity index (χ0) is 21.0. The molecule has 0 saturated heterocycles. The summed E-state index contributed by atoms with van der Waals surface area (Å²) in [6, 6.07) is 9.73. The van der Waals surface area contributed by atoms with Crippen molar-refractivity contribution >= 4 is 21.6 Å². The summed E-state index contributed by atoms with van der Waals surface area (Å²) in [5.41, 5.74) is 2.43. The molecule has 7 nitrogen and oxygen atoms in total. The van der Waals surface area contributed by atoms with Crippen LogP contribution in [0.25, 0.3) is 5.57 Å². The molecule has 0 radical (unpaired) electrons. The maximum Gasteiger partial charge on any atom is 0.303 e. The van der Waals surface area contributed by atoms with Gasteiger partial charge >= 0.3 is 5.97 Å². The number of nitrogens with one attached hydrogen (secondary N) is 1. The van der Waals surface area contributed by atoms with Gasteiger partial charge in [0.25, 0.3) is 0 Å². The summed E-state index contributed by atoms with van der Waals surface area (Å²) in [7, 11) is -2.19. The fourth-order valence-corrected chi connectivity index (χ4v) is 4.51. The van der Waals surface area contributed by atoms with Crippen LogP contribution in [-0.2, 0) is 19.6 Å². The fourth-order valence-electron chi connectivity index (χ4n) is 3.26. The number of ether oxygens (including phenoxy) is 2. The van der Waals surface area contributed by atoms with E-state index in [1.807, 2.05) is 6.92 Å². The second kappa shape index (κ2) is 8.75. The normalized spacial score (nSPS) is 19.3. The molecule has 3 rings (SSSR count). The van der Waals surface area contributed by atoms with Gasteiger partial charge in [0, 0.05) is 25.2 Å². The predicted molar refractivity (Wildman–Crippen MR) is 109 cm³/mol. The van der Waals surface area contributed by atoms with Gasteiger partial charge in [0.2, 0.25) is 15.9 Å². The standard InChI is InChI=1S/C21H24N2O5S/c1-14-4-8-18(9-5-14)29(25,26)23-20-10-7-17(28-15(2)24)12-19(20)16-6-11-21(27-3)22-13-16/h4-6,8-9,11-13,17,20,23H,7,10H2,1-3H3/t17-,20+/m0/s1. The van der Waals surface area contributed by atoms with E-state index in [-0.39, 0.29) is 10.9 Å². The number of carbonyl (C=O) groups excluding carboxylic acids is 1. The van der Waals surface area contributed by atoms with Crippen molar-refractivity contribution in [3.05, 3.63) is 59.8 Å². The third-order valence-electron chi connectivity index (χ3n) is 4.71. The highest BCUT2D eigenvalue weighted by Gasteiger charge is 2.29. The zero-order valence-corrected chi connectivity index (χ0v) is 17.4. The number of esters is 1. The minimum Gasteiger partial charge on any atom is -0.481 e. The van der Waals surface area contributed by atoms with Gasteiger partial charge in [-0.3, -0.25) is 4.79 Å². The lowest BCUT2D eigenvalue weighted by Crippen LogP contribution is -2.39. The quantitative estimate of drug-likeness (QED) is 0.728. The fraction of sp³-hybridized carbons (Fsp3) is 0.333. The molecule has 1 aliphatic carbocycles. The second-order valence-electron chi connectivity index (χ2n) is 6.92. The average molecular weight is 416 g/mol. The van der Waals surface area contributed by atoms with Crippen LogP contribution in [-0.4, -0.2) is 38.6 Å². The number of hydrogen-bond acceptors (Lipinski definition) is 6. The van der Waals surface area contributed by atoms with E-state index in [9.17, 15) is 13.2 Å². The second-order valence-corrected chi connectivity index (χ2v) is 8.64. The van der Waals surface area contributed by atoms with Gasteiger partial charge in [0.05, 0.1) is 12.0 Å². The Morgan fingerprint density at radius 1 is 1.14 bits per heavy atom. The van der Waals surface area contributed by atoms with Gasteiger partial charge in [-0.15, -0.1) is 0 Å². The average Bonchev–Trinajstić information content (AvgIpc) is 2.69. The van der Waals surface area contributed by atoms with Crippen molar-refractivity contribution in [3.8, 4) is 5.88 Å². The smallest absolute Gasteiger partial charge is 0.303 e. The molecule has 1 aromatic heterocycles. The summed E-state index contributed by atoms with van der Waals surface area (Å²) in [6.45, 7) is 3.26. The van der Waals surface area contributed by atoms with E-state index in [0.29, 0.717) is 24.3 Å². The molecule has 2 atom stereocenters. The highest BCUT2D eigenvalue weighted by atomic mass is 32.2. The lowest BCUT2D eigenvalue weighted by atomic mass is 9.89. The lowest BCUT2D eigenvalue weighted by molar-refractivity contribution is -0.144. The van der Waals surface area contributed by atoms with E-state index in [4.69, 9.17) is 9.47 Å². The number of sulfonamides is 1. The highest BCUT2D eigenvalue weighted by molar-refractivity contribution is 7.89. The molecule has 29 heavy (non-hydrogen) atoms. The summed E-state index contributed by atoms with van der Waals surface area (Å²) in [5.74, 6) is 0.0793. The zero-order valence-electron chi connectivity index (χ0n) is 16.6. The Labute approximate surface area is 170 Å². The minimum atomic E-state index is -3.71. The van der Waals surface area contributed by atoms with Crippen LogP contribution in [0.1, 0.15) is 30.9 Å². The van der Waals surface area contributed by atoms with Crippen molar-refractivity contribution in [2.24, 2.45) is 0 Å². The van der Waals surface area contributed by atoms with Crippen molar-refractivity contribution in [2.45, 2.75) is 43.7 Å². The summed E-state index contributed by atoms with van der Waals surface area (Å²) in [5, 5.41) is 0. The molecule has 0 fully saturated rings. The molecule has 154 valence electrons. The minimum absolute atomic E-state index is 0.206. The summed E-state index contributed by atoms with van der Waals surface area (Å²) < 4.78 is 39.0. The predicted octanol–water partition coefficient (Wildman–Crippen LogP) is 2.85. The monoisotopic (exact) mass is 416 g/mol. The SMILES string of the molecule is COc1ccc(C2=C[C@@H](OC(C)=O)CC[C@H]2NS(=O)(=O)c2ccc(C)cc2)cn1. The number of nitrogens with zero attached hydrogens (tertiary/aromatic N) is 1. The molecular weight excluding hydrogens is 392 g/mol. The van der Waals surface area contributed by atoms with Crippen LogP contribution >= 0.6 is 0 Å². The van der Waals surface area contributed by atoms with Crippen molar-refractivity contribution in [1.82, 2.24) is 9.71 Å². The third kappa shape index (κ3) is 5.21. The maximum absolute atomic E-state index is 12.9. The molecule has 0 aliphatic heterocycles. The number of aryl methyl sites for hydroxylation is 1. The molecule has 2 aromatic rings. The van der Waals surface area contributed by atoms with Crippen LogP contribution in [0.3, 0.4) is 0 Å². The number of benzene rings is 1. The van der Waals surface area contributed by atoms with E-state index in [1.54, 1.807) is 48.7 Å². The van der Waals surface area contributed by atoms with Gasteiger partial charge in [-0.1, -0.05) is 17.7 Å². The molecule has 1 N–H and O–H groups in total. The van der Waals surface area contributed by atoms with Gasteiger partial charge in [0.15, 0.2) is 0 Å². The number of pyridine rings is 1. The summed E-state index contributed by atoms with van der Waals surface area (Å²) in [4.78, 5) is 15.8. The molecule has 8 heteroatoms. The Kier molecular flexibility index (Phi) is 6.34. The van der Waals surface area contributed by atoms with Crippen LogP contribution in [0.15, 0.2) is 53.6 Å². The first-order valence-electron chi connectivity index (χ1n) is 9.27. The summed E-state index contributed by atoms with van der Waals surface area (Å²) in [6.07, 6.45) is 4.00. The van der Waals surface area contributed by atoms with E-state index in [1.165, 1.54) is 14.0 Å². The van der Waals surface area contributed by atoms with Crippen LogP contribution in [0, 0.1) is 6.92 Å². The highest BCUT2D eigenvalue weighted by Crippen LogP contribution is 2.30. The van der Waals surface area contributed by atoms with E-state index in [2.05, 4.69) is 9.71 Å². The lowest BCUT2D eigenvalue weighted by Gasteiger charge is -2.29. The Hall–Kier alpha value is -2.71. The molecule has 1 aromatic carbocycles. The Morgan fingerprint density at radius 3 is 2.45 bits per heavy atom. The largest absolute Gasteiger partial charge is 0.481 e. The van der Waals surface area contributed by atoms with Gasteiger partial charge < -0.3 is 9.47 Å². The number of hydrogen-bond donors (Lipinski definition) is 1. The Bertz CT molecular complexity index is 998. The van der Waals surface area contributed by atoms with Crippen molar-refractivity contribution in [1.29, 1.82) is 0 Å². The van der Waals surface area contributed by atoms with Crippen LogP contribution < -0.4 is 9.46 Å². The first kappa shape index (κ1) is 21.0. The molecule has 0 bridgehead atoms. The molecule has 0 spiro atoms. The molecule has 0 unspecified atom stereocenters.